The van der Waals surface area contributed by atoms with Crippen LogP contribution in [-0.4, -0.2) is 25.7 Å². The number of aromatic nitrogens is 3. The molecule has 148 valence electrons. The Morgan fingerprint density at radius 3 is 2.72 bits per heavy atom. The number of benzene rings is 1. The van der Waals surface area contributed by atoms with Crippen LogP contribution in [0.1, 0.15) is 26.6 Å². The predicted octanol–water partition coefficient (Wildman–Crippen LogP) is 4.44. The number of hydrogen-bond acceptors (Lipinski definition) is 5. The summed E-state index contributed by atoms with van der Waals surface area (Å²) in [4.78, 5) is 31.3. The summed E-state index contributed by atoms with van der Waals surface area (Å²) in [7, 11) is 1.70. The molecule has 0 spiro atoms. The second-order valence-electron chi connectivity index (χ2n) is 6.94. The van der Waals surface area contributed by atoms with Crippen LogP contribution >= 0.6 is 23.1 Å². The number of hydrogen-bond donors (Lipinski definition) is 0. The molecule has 3 heterocycles. The van der Waals surface area contributed by atoms with E-state index in [1.165, 1.54) is 21.2 Å². The van der Waals surface area contributed by atoms with E-state index < -0.39 is 0 Å². The van der Waals surface area contributed by atoms with Gasteiger partial charge in [0.25, 0.3) is 5.56 Å². The molecular formula is C22H21N3O2S2. The number of fused-ring (bicyclic) bond motifs is 1. The monoisotopic (exact) mass is 423 g/mol. The molecule has 0 bridgehead atoms. The molecule has 0 aliphatic carbocycles. The number of aryl methyl sites for hydroxylation is 1. The molecule has 7 heteroatoms. The molecule has 4 aromatic rings. The molecule has 0 atom stereocenters. The van der Waals surface area contributed by atoms with Crippen LogP contribution in [-0.2, 0) is 13.6 Å². The molecule has 0 saturated heterocycles. The van der Waals surface area contributed by atoms with Crippen LogP contribution < -0.4 is 5.56 Å². The van der Waals surface area contributed by atoms with E-state index in [9.17, 15) is 9.59 Å². The highest BCUT2D eigenvalue weighted by Crippen LogP contribution is 2.23. The van der Waals surface area contributed by atoms with Crippen molar-refractivity contribution in [3.05, 3.63) is 80.0 Å². The van der Waals surface area contributed by atoms with Crippen LogP contribution in [0.2, 0.25) is 0 Å². The lowest BCUT2D eigenvalue weighted by atomic mass is 10.2. The van der Waals surface area contributed by atoms with Crippen LogP contribution in [0.25, 0.3) is 10.9 Å². The van der Waals surface area contributed by atoms with Crippen molar-refractivity contribution >= 4 is 39.8 Å². The molecule has 29 heavy (non-hydrogen) atoms. The van der Waals surface area contributed by atoms with E-state index in [1.54, 1.807) is 24.5 Å². The zero-order chi connectivity index (χ0) is 20.5. The zero-order valence-corrected chi connectivity index (χ0v) is 18.1. The first-order chi connectivity index (χ1) is 14.0. The molecule has 3 aromatic heterocycles. The Morgan fingerprint density at radius 1 is 1.17 bits per heavy atom. The van der Waals surface area contributed by atoms with Gasteiger partial charge in [0.05, 0.1) is 23.2 Å². The minimum atomic E-state index is -0.0975. The van der Waals surface area contributed by atoms with Crippen LogP contribution in [0, 0.1) is 13.8 Å². The number of Topliss-reactive ketones (excluding diaryl/α,β-unsaturated/α-hetero) is 1. The highest BCUT2D eigenvalue weighted by atomic mass is 32.2. The standard InChI is InChI=1S/C22H21N3O2S2/c1-14-11-18(15(2)25(14)12-16-7-6-10-28-16)20(26)13-29-22-23-19-9-5-4-8-17(19)21(27)24(22)3/h4-11H,12-13H2,1-3H3. The molecule has 5 nitrogen and oxygen atoms in total. The topological polar surface area (TPSA) is 56.9 Å². The molecule has 0 fully saturated rings. The summed E-state index contributed by atoms with van der Waals surface area (Å²) < 4.78 is 3.69. The Kier molecular flexibility index (Phi) is 5.43. The van der Waals surface area contributed by atoms with Gasteiger partial charge in [0.15, 0.2) is 10.9 Å². The highest BCUT2D eigenvalue weighted by molar-refractivity contribution is 7.99. The number of thioether (sulfide) groups is 1. The molecule has 1 aromatic carbocycles. The fourth-order valence-electron chi connectivity index (χ4n) is 3.42. The van der Waals surface area contributed by atoms with Crippen molar-refractivity contribution in [2.24, 2.45) is 7.05 Å². The van der Waals surface area contributed by atoms with E-state index in [0.717, 1.165) is 23.5 Å². The summed E-state index contributed by atoms with van der Waals surface area (Å²) in [5, 5.41) is 3.20. The molecule has 0 unspecified atom stereocenters. The number of para-hydroxylation sites is 1. The van der Waals surface area contributed by atoms with E-state index in [4.69, 9.17) is 0 Å². The number of thiophene rings is 1. The molecule has 0 aliphatic rings. The third-order valence-corrected chi connectivity index (χ3v) is 6.93. The summed E-state index contributed by atoms with van der Waals surface area (Å²) in [6, 6.07) is 13.4. The van der Waals surface area contributed by atoms with Crippen molar-refractivity contribution in [3.8, 4) is 0 Å². The Hall–Kier alpha value is -2.64. The first kappa shape index (κ1) is 19.7. The van der Waals surface area contributed by atoms with Gasteiger partial charge in [-0.1, -0.05) is 30.0 Å². The molecule has 0 aliphatic heterocycles. The minimum Gasteiger partial charge on any atom is -0.343 e. The van der Waals surface area contributed by atoms with Crippen molar-refractivity contribution in [2.45, 2.75) is 25.5 Å². The highest BCUT2D eigenvalue weighted by Gasteiger charge is 2.18. The Labute approximate surface area is 177 Å². The molecule has 4 rings (SSSR count). The fourth-order valence-corrected chi connectivity index (χ4v) is 4.97. The maximum Gasteiger partial charge on any atom is 0.261 e. The van der Waals surface area contributed by atoms with E-state index in [1.807, 2.05) is 44.2 Å². The SMILES string of the molecule is Cc1cc(C(=O)CSc2nc3ccccc3c(=O)n2C)c(C)n1Cc1cccs1. The maximum absolute atomic E-state index is 12.9. The van der Waals surface area contributed by atoms with E-state index in [0.29, 0.717) is 16.1 Å². The number of ketones is 1. The lowest BCUT2D eigenvalue weighted by Gasteiger charge is -2.09. The molecule has 0 radical (unpaired) electrons. The minimum absolute atomic E-state index is 0.0444. The predicted molar refractivity (Wildman–Crippen MR) is 119 cm³/mol. The average Bonchev–Trinajstić information content (AvgIpc) is 3.33. The number of nitrogens with zero attached hydrogens (tertiary/aromatic N) is 3. The summed E-state index contributed by atoms with van der Waals surface area (Å²) in [6.07, 6.45) is 0. The maximum atomic E-state index is 12.9. The molecule has 0 saturated carbocycles. The molecule has 0 N–H and O–H groups in total. The lowest BCUT2D eigenvalue weighted by molar-refractivity contribution is 0.102. The molecule has 0 amide bonds. The van der Waals surface area contributed by atoms with Crippen molar-refractivity contribution in [1.29, 1.82) is 0 Å². The third kappa shape index (κ3) is 3.80. The third-order valence-electron chi connectivity index (χ3n) is 5.04. The number of carbonyl (C=O) groups is 1. The van der Waals surface area contributed by atoms with Gasteiger partial charge in [0.2, 0.25) is 0 Å². The second-order valence-corrected chi connectivity index (χ2v) is 8.91. The van der Waals surface area contributed by atoms with E-state index >= 15 is 0 Å². The summed E-state index contributed by atoms with van der Waals surface area (Å²) >= 11 is 3.02. The quantitative estimate of drug-likeness (QED) is 0.261. The zero-order valence-electron chi connectivity index (χ0n) is 16.5. The smallest absolute Gasteiger partial charge is 0.261 e. The van der Waals surface area contributed by atoms with Gasteiger partial charge in [-0.2, -0.15) is 0 Å². The van der Waals surface area contributed by atoms with Gasteiger partial charge in [-0.25, -0.2) is 4.98 Å². The van der Waals surface area contributed by atoms with Gasteiger partial charge in [-0.3, -0.25) is 14.2 Å². The van der Waals surface area contributed by atoms with Gasteiger partial charge >= 0.3 is 0 Å². The normalized spacial score (nSPS) is 11.3. The second kappa shape index (κ2) is 8.00. The van der Waals surface area contributed by atoms with Crippen molar-refractivity contribution in [3.63, 3.8) is 0 Å². The van der Waals surface area contributed by atoms with Gasteiger partial charge in [-0.15, -0.1) is 11.3 Å². The van der Waals surface area contributed by atoms with Crippen molar-refractivity contribution in [1.82, 2.24) is 14.1 Å². The first-order valence-electron chi connectivity index (χ1n) is 9.26. The number of carbonyl (C=O) groups excluding carboxylic acids is 1. The van der Waals surface area contributed by atoms with Gasteiger partial charge in [0.1, 0.15) is 0 Å². The van der Waals surface area contributed by atoms with Gasteiger partial charge < -0.3 is 4.57 Å². The van der Waals surface area contributed by atoms with E-state index in [-0.39, 0.29) is 17.1 Å². The summed E-state index contributed by atoms with van der Waals surface area (Å²) in [6.45, 7) is 4.79. The Balaban J connectivity index is 1.56. The largest absolute Gasteiger partial charge is 0.343 e. The Morgan fingerprint density at radius 2 is 1.97 bits per heavy atom. The van der Waals surface area contributed by atoms with Crippen LogP contribution in [0.5, 0.6) is 0 Å². The lowest BCUT2D eigenvalue weighted by Crippen LogP contribution is -2.20. The summed E-state index contributed by atoms with van der Waals surface area (Å²) in [5.74, 6) is 0.282. The number of rotatable bonds is 6. The van der Waals surface area contributed by atoms with E-state index in [2.05, 4.69) is 21.0 Å². The summed E-state index contributed by atoms with van der Waals surface area (Å²) in [5.41, 5.74) is 3.33. The van der Waals surface area contributed by atoms with Crippen molar-refractivity contribution in [2.75, 3.05) is 5.75 Å². The fraction of sp³-hybridized carbons (Fsp3) is 0.227. The first-order valence-corrected chi connectivity index (χ1v) is 11.1. The van der Waals surface area contributed by atoms with Gasteiger partial charge in [0, 0.05) is 28.9 Å². The van der Waals surface area contributed by atoms with Crippen LogP contribution in [0.4, 0.5) is 0 Å². The average molecular weight is 424 g/mol. The van der Waals surface area contributed by atoms with Crippen molar-refractivity contribution < 1.29 is 4.79 Å². The van der Waals surface area contributed by atoms with Crippen LogP contribution in [0.15, 0.2) is 57.8 Å². The molecular weight excluding hydrogens is 402 g/mol. The van der Waals surface area contributed by atoms with Crippen LogP contribution in [0.3, 0.4) is 0 Å². The Bertz CT molecular complexity index is 1250. The van der Waals surface area contributed by atoms with Gasteiger partial charge in [-0.05, 0) is 43.5 Å².